The number of hydrogen-bond donors (Lipinski definition) is 0. The second kappa shape index (κ2) is 5.17. The molecule has 0 amide bonds. The molecule has 18 heavy (non-hydrogen) atoms. The number of rotatable bonds is 2. The van der Waals surface area contributed by atoms with Gasteiger partial charge in [-0.15, -0.1) is 0 Å². The van der Waals surface area contributed by atoms with Crippen molar-refractivity contribution in [3.8, 4) is 0 Å². The molecule has 2 atom stereocenters. The Hall–Kier alpha value is -0.620. The molecule has 1 fully saturated rings. The molecule has 1 aliphatic heterocycles. The van der Waals surface area contributed by atoms with E-state index in [1.807, 2.05) is 0 Å². The van der Waals surface area contributed by atoms with Crippen LogP contribution in [0, 0.1) is 5.92 Å². The molecular weight excluding hydrogens is 316 g/mol. The summed E-state index contributed by atoms with van der Waals surface area (Å²) in [4.78, 5) is 7.00. The molecule has 4 nitrogen and oxygen atoms in total. The third-order valence-electron chi connectivity index (χ3n) is 3.32. The van der Waals surface area contributed by atoms with Gasteiger partial charge in [-0.2, -0.15) is 0 Å². The van der Waals surface area contributed by atoms with Crippen molar-refractivity contribution >= 4 is 31.6 Å². The second-order valence-corrected chi connectivity index (χ2v) is 7.99. The molecule has 6 heteroatoms. The van der Waals surface area contributed by atoms with Crippen LogP contribution in [-0.2, 0) is 9.84 Å². The molecule has 2 heterocycles. The lowest BCUT2D eigenvalue weighted by atomic mass is 9.99. The molecule has 2 unspecified atom stereocenters. The number of aromatic nitrogens is 1. The van der Waals surface area contributed by atoms with Gasteiger partial charge in [0.15, 0.2) is 9.84 Å². The highest BCUT2D eigenvalue weighted by Gasteiger charge is 2.27. The van der Waals surface area contributed by atoms with Crippen LogP contribution in [0.4, 0.5) is 5.82 Å². The van der Waals surface area contributed by atoms with Gasteiger partial charge >= 0.3 is 0 Å². The van der Waals surface area contributed by atoms with Crippen LogP contribution in [0.3, 0.4) is 0 Å². The molecule has 0 saturated carbocycles. The molecule has 0 radical (unpaired) electrons. The van der Waals surface area contributed by atoms with E-state index in [4.69, 9.17) is 0 Å². The molecule has 2 rings (SSSR count). The first kappa shape index (κ1) is 13.8. The number of piperidine rings is 1. The first-order chi connectivity index (χ1) is 8.39. The molecular formula is C12H17BrN2O2S. The maximum Gasteiger partial charge on any atom is 0.179 e. The molecule has 1 aromatic heterocycles. The van der Waals surface area contributed by atoms with Crippen LogP contribution < -0.4 is 4.90 Å². The summed E-state index contributed by atoms with van der Waals surface area (Å²) in [6.07, 6.45) is 3.91. The summed E-state index contributed by atoms with van der Waals surface area (Å²) in [5.41, 5.74) is 0. The Labute approximate surface area is 116 Å². The SMILES string of the molecule is CC1CCN(c2ncccc2S(C)(=O)=O)CC1Br. The third-order valence-corrected chi connectivity index (χ3v) is 5.63. The van der Waals surface area contributed by atoms with Crippen molar-refractivity contribution in [2.24, 2.45) is 5.92 Å². The van der Waals surface area contributed by atoms with E-state index in [0.29, 0.717) is 21.5 Å². The molecule has 100 valence electrons. The molecule has 1 aliphatic rings. The van der Waals surface area contributed by atoms with Gasteiger partial charge in [-0.3, -0.25) is 0 Å². The average molecular weight is 333 g/mol. The second-order valence-electron chi connectivity index (χ2n) is 4.83. The molecule has 0 bridgehead atoms. The van der Waals surface area contributed by atoms with E-state index in [1.165, 1.54) is 6.26 Å². The summed E-state index contributed by atoms with van der Waals surface area (Å²) < 4.78 is 23.5. The fourth-order valence-electron chi connectivity index (χ4n) is 2.12. The first-order valence-electron chi connectivity index (χ1n) is 5.93. The smallest absolute Gasteiger partial charge is 0.179 e. The lowest BCUT2D eigenvalue weighted by molar-refractivity contribution is 0.452. The summed E-state index contributed by atoms with van der Waals surface area (Å²) in [5, 5.41) is 0. The number of anilines is 1. The predicted molar refractivity (Wildman–Crippen MR) is 76.1 cm³/mol. The maximum absolute atomic E-state index is 11.8. The predicted octanol–water partition coefficient (Wildman–Crippen LogP) is 2.09. The fraction of sp³-hybridized carbons (Fsp3) is 0.583. The fourth-order valence-corrected chi connectivity index (χ4v) is 3.58. The monoisotopic (exact) mass is 332 g/mol. The van der Waals surface area contributed by atoms with Crippen molar-refractivity contribution in [2.75, 3.05) is 24.2 Å². The van der Waals surface area contributed by atoms with Gasteiger partial charge in [0.25, 0.3) is 0 Å². The van der Waals surface area contributed by atoms with Crippen LogP contribution >= 0.6 is 15.9 Å². The van der Waals surface area contributed by atoms with Crippen LogP contribution in [0.25, 0.3) is 0 Å². The normalized spacial score (nSPS) is 25.2. The number of hydrogen-bond acceptors (Lipinski definition) is 4. The van der Waals surface area contributed by atoms with Crippen molar-refractivity contribution in [2.45, 2.75) is 23.1 Å². The number of nitrogens with zero attached hydrogens (tertiary/aromatic N) is 2. The zero-order valence-electron chi connectivity index (χ0n) is 10.5. The van der Waals surface area contributed by atoms with Crippen LogP contribution in [0.15, 0.2) is 23.2 Å². The number of pyridine rings is 1. The van der Waals surface area contributed by atoms with Gasteiger partial charge in [0.2, 0.25) is 0 Å². The minimum absolute atomic E-state index is 0.319. The third kappa shape index (κ3) is 2.85. The summed E-state index contributed by atoms with van der Waals surface area (Å²) in [6, 6.07) is 3.29. The zero-order chi connectivity index (χ0) is 13.3. The molecule has 1 saturated heterocycles. The Kier molecular flexibility index (Phi) is 3.96. The number of alkyl halides is 1. The Morgan fingerprint density at radius 3 is 2.83 bits per heavy atom. The quantitative estimate of drug-likeness (QED) is 0.778. The highest BCUT2D eigenvalue weighted by molar-refractivity contribution is 9.09. The lowest BCUT2D eigenvalue weighted by Crippen LogP contribution is -2.41. The zero-order valence-corrected chi connectivity index (χ0v) is 12.9. The Morgan fingerprint density at radius 1 is 1.50 bits per heavy atom. The van der Waals surface area contributed by atoms with Gasteiger partial charge in [0.05, 0.1) is 0 Å². The van der Waals surface area contributed by atoms with E-state index in [0.717, 1.165) is 19.5 Å². The van der Waals surface area contributed by atoms with Crippen molar-refractivity contribution < 1.29 is 8.42 Å². The van der Waals surface area contributed by atoms with Gasteiger partial charge in [0.1, 0.15) is 10.7 Å². The van der Waals surface area contributed by atoms with Gasteiger partial charge in [-0.1, -0.05) is 22.9 Å². The topological polar surface area (TPSA) is 50.3 Å². The molecule has 0 aromatic carbocycles. The van der Waals surface area contributed by atoms with E-state index in [9.17, 15) is 8.42 Å². The van der Waals surface area contributed by atoms with Crippen LogP contribution in [-0.4, -0.2) is 37.6 Å². The van der Waals surface area contributed by atoms with E-state index in [-0.39, 0.29) is 0 Å². The minimum Gasteiger partial charge on any atom is -0.354 e. The summed E-state index contributed by atoms with van der Waals surface area (Å²) in [7, 11) is -3.23. The van der Waals surface area contributed by atoms with Crippen molar-refractivity contribution in [3.63, 3.8) is 0 Å². The summed E-state index contributed by atoms with van der Waals surface area (Å²) in [6.45, 7) is 3.84. The van der Waals surface area contributed by atoms with Crippen LogP contribution in [0.1, 0.15) is 13.3 Å². The number of sulfone groups is 1. The molecule has 0 aliphatic carbocycles. The number of halogens is 1. The van der Waals surface area contributed by atoms with E-state index in [2.05, 4.69) is 32.7 Å². The summed E-state index contributed by atoms with van der Waals surface area (Å²) >= 11 is 3.65. The first-order valence-corrected chi connectivity index (χ1v) is 8.74. The largest absolute Gasteiger partial charge is 0.354 e. The van der Waals surface area contributed by atoms with Crippen molar-refractivity contribution in [1.82, 2.24) is 4.98 Å². The van der Waals surface area contributed by atoms with Crippen LogP contribution in [0.2, 0.25) is 0 Å². The van der Waals surface area contributed by atoms with Crippen LogP contribution in [0.5, 0.6) is 0 Å². The van der Waals surface area contributed by atoms with Gasteiger partial charge in [-0.25, -0.2) is 13.4 Å². The average Bonchev–Trinajstić information content (AvgIpc) is 2.32. The lowest BCUT2D eigenvalue weighted by Gasteiger charge is -2.35. The minimum atomic E-state index is -3.23. The van der Waals surface area contributed by atoms with Crippen molar-refractivity contribution in [1.29, 1.82) is 0 Å². The Balaban J connectivity index is 2.35. The van der Waals surface area contributed by atoms with E-state index in [1.54, 1.807) is 18.3 Å². The molecule has 1 aromatic rings. The van der Waals surface area contributed by atoms with Crippen molar-refractivity contribution in [3.05, 3.63) is 18.3 Å². The maximum atomic E-state index is 11.8. The summed E-state index contributed by atoms with van der Waals surface area (Å²) in [5.74, 6) is 1.18. The van der Waals surface area contributed by atoms with Gasteiger partial charge < -0.3 is 4.90 Å². The van der Waals surface area contributed by atoms with E-state index < -0.39 is 9.84 Å². The Morgan fingerprint density at radius 2 is 2.22 bits per heavy atom. The van der Waals surface area contributed by atoms with Gasteiger partial charge in [0, 0.05) is 30.4 Å². The highest BCUT2D eigenvalue weighted by atomic mass is 79.9. The highest BCUT2D eigenvalue weighted by Crippen LogP contribution is 2.29. The van der Waals surface area contributed by atoms with Gasteiger partial charge in [-0.05, 0) is 24.5 Å². The Bertz CT molecular complexity index is 533. The van der Waals surface area contributed by atoms with E-state index >= 15 is 0 Å². The molecule has 0 spiro atoms. The molecule has 0 N–H and O–H groups in total. The standard InChI is InChI=1S/C12H17BrN2O2S/c1-9-5-7-15(8-10(9)13)12-11(18(2,16)17)4-3-6-14-12/h3-4,6,9-10H,5,7-8H2,1-2H3.